The molecule has 0 aliphatic heterocycles. The quantitative estimate of drug-likeness (QED) is 0.222. The first-order valence-corrected chi connectivity index (χ1v) is 9.13. The van der Waals surface area contributed by atoms with E-state index in [0.717, 1.165) is 18.4 Å². The molecule has 0 amide bonds. The molecule has 7 heteroatoms. The Bertz CT molecular complexity index is 674. The van der Waals surface area contributed by atoms with Gasteiger partial charge >= 0.3 is 16.1 Å². The zero-order valence-electron chi connectivity index (χ0n) is 14.5. The molecule has 0 spiro atoms. The van der Waals surface area contributed by atoms with Crippen molar-refractivity contribution in [1.82, 2.24) is 0 Å². The number of carbonyl (C=O) groups is 1. The third-order valence-electron chi connectivity index (χ3n) is 3.36. The molecule has 0 unspecified atom stereocenters. The summed E-state index contributed by atoms with van der Waals surface area (Å²) in [5.74, 6) is -1.05. The van der Waals surface area contributed by atoms with Crippen LogP contribution in [0.1, 0.15) is 38.2 Å². The van der Waals surface area contributed by atoms with Gasteiger partial charge in [-0.25, -0.2) is 4.79 Å². The van der Waals surface area contributed by atoms with Gasteiger partial charge in [-0.2, -0.15) is 8.42 Å². The molecule has 1 aromatic carbocycles. The summed E-state index contributed by atoms with van der Waals surface area (Å²) in [5, 5.41) is 0. The predicted molar refractivity (Wildman–Crippen MR) is 89.6 cm³/mol. The number of allylic oxidation sites excluding steroid dienone is 1. The Morgan fingerprint density at radius 3 is 2.17 bits per heavy atom. The van der Waals surface area contributed by atoms with E-state index in [1.165, 1.54) is 26.4 Å². The van der Waals surface area contributed by atoms with Crippen molar-refractivity contribution in [2.75, 3.05) is 14.2 Å². The van der Waals surface area contributed by atoms with Crippen molar-refractivity contribution in [3.8, 4) is 0 Å². The Morgan fingerprint density at radius 1 is 1.04 bits per heavy atom. The molecule has 0 bridgehead atoms. The second kappa shape index (κ2) is 9.32. The Hall–Kier alpha value is -2.02. The number of esters is 1. The summed E-state index contributed by atoms with van der Waals surface area (Å²) in [6, 6.07) is 6.26. The number of aryl methyl sites for hydroxylation is 1. The molecule has 1 aromatic rings. The largest absolute Gasteiger partial charge is 0.487 e. The lowest BCUT2D eigenvalue weighted by atomic mass is 10.1. The first kappa shape index (κ1) is 20.0. The van der Waals surface area contributed by atoms with E-state index < -0.39 is 16.1 Å². The second-order valence-electron chi connectivity index (χ2n) is 5.26. The van der Waals surface area contributed by atoms with Gasteiger partial charge in [0.25, 0.3) is 0 Å². The summed E-state index contributed by atoms with van der Waals surface area (Å²) >= 11 is 0. The van der Waals surface area contributed by atoms with Crippen LogP contribution in [-0.2, 0) is 28.6 Å². The lowest BCUT2D eigenvalue weighted by Gasteiger charge is -2.14. The van der Waals surface area contributed by atoms with E-state index in [0.29, 0.717) is 6.42 Å². The Morgan fingerprint density at radius 2 is 1.67 bits per heavy atom. The highest BCUT2D eigenvalue weighted by Crippen LogP contribution is 2.23. The zero-order valence-corrected chi connectivity index (χ0v) is 15.3. The van der Waals surface area contributed by atoms with E-state index in [9.17, 15) is 13.2 Å². The smallest absolute Gasteiger partial charge is 0.377 e. The lowest BCUT2D eigenvalue weighted by Crippen LogP contribution is -2.15. The Balaban J connectivity index is 3.17. The minimum absolute atomic E-state index is 0.0152. The minimum atomic E-state index is -4.06. The molecule has 0 fully saturated rings. The fourth-order valence-electron chi connectivity index (χ4n) is 2.02. The van der Waals surface area contributed by atoms with Crippen LogP contribution in [0.2, 0.25) is 0 Å². The molecule has 0 radical (unpaired) electrons. The summed E-state index contributed by atoms with van der Waals surface area (Å²) in [7, 11) is -1.59. The Labute approximate surface area is 143 Å². The van der Waals surface area contributed by atoms with E-state index in [1.54, 1.807) is 12.1 Å². The van der Waals surface area contributed by atoms with Gasteiger partial charge in [0.2, 0.25) is 5.76 Å². The van der Waals surface area contributed by atoms with Crippen LogP contribution < -0.4 is 0 Å². The second-order valence-corrected chi connectivity index (χ2v) is 6.80. The molecule has 0 N–H and O–H groups in total. The van der Waals surface area contributed by atoms with Crippen molar-refractivity contribution in [3.05, 3.63) is 41.3 Å². The number of ether oxygens (including phenoxy) is 2. The highest BCUT2D eigenvalue weighted by Gasteiger charge is 2.25. The predicted octanol–water partition coefficient (Wildman–Crippen LogP) is 3.31. The highest BCUT2D eigenvalue weighted by atomic mass is 32.2. The van der Waals surface area contributed by atoms with Crippen molar-refractivity contribution in [2.24, 2.45) is 0 Å². The lowest BCUT2D eigenvalue weighted by molar-refractivity contribution is -0.140. The molecule has 24 heavy (non-hydrogen) atoms. The average Bonchev–Trinajstić information content (AvgIpc) is 2.55. The molecule has 6 nitrogen and oxygen atoms in total. The van der Waals surface area contributed by atoms with Crippen LogP contribution in [-0.4, -0.2) is 28.6 Å². The van der Waals surface area contributed by atoms with Gasteiger partial charge in [0.05, 0.1) is 14.2 Å². The molecule has 0 saturated carbocycles. The van der Waals surface area contributed by atoms with Crippen molar-refractivity contribution in [1.29, 1.82) is 0 Å². The molecule has 1 rings (SSSR count). The summed E-state index contributed by atoms with van der Waals surface area (Å²) in [5.41, 5.74) is 0.930. The maximum atomic E-state index is 12.5. The van der Waals surface area contributed by atoms with Crippen molar-refractivity contribution in [2.45, 2.75) is 44.4 Å². The van der Waals surface area contributed by atoms with E-state index in [1.807, 2.05) is 13.8 Å². The number of carbonyl (C=O) groups excluding carboxylic acids is 1. The van der Waals surface area contributed by atoms with Gasteiger partial charge in [-0.3, -0.25) is 0 Å². The average molecular weight is 356 g/mol. The number of hydrogen-bond donors (Lipinski definition) is 0. The van der Waals surface area contributed by atoms with Crippen molar-refractivity contribution >= 4 is 16.1 Å². The molecular formula is C17H24O6S. The number of rotatable bonds is 9. The molecule has 0 aliphatic carbocycles. The van der Waals surface area contributed by atoms with Crippen LogP contribution in [0.4, 0.5) is 0 Å². The van der Waals surface area contributed by atoms with Gasteiger partial charge in [0.15, 0.2) is 5.76 Å². The van der Waals surface area contributed by atoms with Gasteiger partial charge in [-0.15, -0.1) is 0 Å². The van der Waals surface area contributed by atoms with Crippen molar-refractivity contribution < 1.29 is 26.9 Å². The normalized spacial score (nSPS) is 12.3. The number of methoxy groups -OCH3 is 2. The first-order chi connectivity index (χ1) is 11.4. The molecule has 0 aliphatic rings. The van der Waals surface area contributed by atoms with Crippen LogP contribution in [0.3, 0.4) is 0 Å². The number of hydrogen-bond acceptors (Lipinski definition) is 6. The maximum absolute atomic E-state index is 12.5. The Kier molecular flexibility index (Phi) is 7.78. The SMILES string of the molecule is CCCCC/C(OS(=O)(=O)c1ccc(C)cc1)=C(\OC)C(=O)OC. The zero-order chi connectivity index (χ0) is 18.2. The van der Waals surface area contributed by atoms with Gasteiger partial charge < -0.3 is 13.7 Å². The van der Waals surface area contributed by atoms with Gasteiger partial charge in [0, 0.05) is 6.42 Å². The minimum Gasteiger partial charge on any atom is -0.487 e. The molecule has 0 atom stereocenters. The van der Waals surface area contributed by atoms with Gasteiger partial charge in [-0.05, 0) is 25.5 Å². The van der Waals surface area contributed by atoms with E-state index in [4.69, 9.17) is 8.92 Å². The van der Waals surface area contributed by atoms with Crippen LogP contribution in [0, 0.1) is 6.92 Å². The molecular weight excluding hydrogens is 332 g/mol. The monoisotopic (exact) mass is 356 g/mol. The topological polar surface area (TPSA) is 78.9 Å². The number of unbranched alkanes of at least 4 members (excludes halogenated alkanes) is 2. The van der Waals surface area contributed by atoms with Crippen LogP contribution in [0.5, 0.6) is 0 Å². The van der Waals surface area contributed by atoms with Crippen LogP contribution in [0.15, 0.2) is 40.7 Å². The molecule has 0 heterocycles. The summed E-state index contributed by atoms with van der Waals surface area (Å²) < 4.78 is 39.8. The van der Waals surface area contributed by atoms with Crippen LogP contribution >= 0.6 is 0 Å². The fourth-order valence-corrected chi connectivity index (χ4v) is 3.01. The third kappa shape index (κ3) is 5.56. The van der Waals surface area contributed by atoms with E-state index in [-0.39, 0.29) is 22.8 Å². The van der Waals surface area contributed by atoms with Crippen molar-refractivity contribution in [3.63, 3.8) is 0 Å². The van der Waals surface area contributed by atoms with Gasteiger partial charge in [0.1, 0.15) is 4.90 Å². The fraction of sp³-hybridized carbons (Fsp3) is 0.471. The highest BCUT2D eigenvalue weighted by molar-refractivity contribution is 7.86. The summed E-state index contributed by atoms with van der Waals surface area (Å²) in [6.07, 6.45) is 2.74. The third-order valence-corrected chi connectivity index (χ3v) is 4.63. The summed E-state index contributed by atoms with van der Waals surface area (Å²) in [4.78, 5) is 11.8. The maximum Gasteiger partial charge on any atom is 0.377 e. The van der Waals surface area contributed by atoms with E-state index >= 15 is 0 Å². The van der Waals surface area contributed by atoms with E-state index in [2.05, 4.69) is 4.74 Å². The molecule has 0 aromatic heterocycles. The van der Waals surface area contributed by atoms with Gasteiger partial charge in [-0.1, -0.05) is 37.5 Å². The number of benzene rings is 1. The molecule has 0 saturated heterocycles. The summed E-state index contributed by atoms with van der Waals surface area (Å²) in [6.45, 7) is 3.87. The molecule has 134 valence electrons. The van der Waals surface area contributed by atoms with Crippen LogP contribution in [0.25, 0.3) is 0 Å². The first-order valence-electron chi connectivity index (χ1n) is 7.72. The standard InChI is InChI=1S/C17H24O6S/c1-5-6-7-8-15(16(21-3)17(18)22-4)23-24(19,20)14-11-9-13(2)10-12-14/h9-12H,5-8H2,1-4H3/b16-15+.